The Hall–Kier alpha value is -2.10. The van der Waals surface area contributed by atoms with Gasteiger partial charge in [0.1, 0.15) is 0 Å². The largest absolute Gasteiger partial charge is 0.351 e. The molecule has 0 bridgehead atoms. The Bertz CT molecular complexity index is 544. The number of amides is 1. The lowest BCUT2D eigenvalue weighted by molar-refractivity contribution is 0.0874. The van der Waals surface area contributed by atoms with Crippen LogP contribution in [0.4, 0.5) is 0 Å². The fourth-order valence-corrected chi connectivity index (χ4v) is 1.74. The summed E-state index contributed by atoms with van der Waals surface area (Å²) < 4.78 is 4.95. The van der Waals surface area contributed by atoms with Gasteiger partial charge in [0.2, 0.25) is 5.76 Å². The molecule has 0 unspecified atom stereocenters. The van der Waals surface area contributed by atoms with Crippen LogP contribution in [0.25, 0.3) is 0 Å². The predicted molar refractivity (Wildman–Crippen MR) is 68.2 cm³/mol. The van der Waals surface area contributed by atoms with E-state index < -0.39 is 5.54 Å². The van der Waals surface area contributed by atoms with E-state index in [1.807, 2.05) is 44.2 Å². The van der Waals surface area contributed by atoms with Crippen molar-refractivity contribution in [2.45, 2.75) is 26.3 Å². The molecular weight excluding hydrogens is 228 g/mol. The van der Waals surface area contributed by atoms with Crippen molar-refractivity contribution in [3.63, 3.8) is 0 Å². The van der Waals surface area contributed by atoms with E-state index in [1.165, 1.54) is 0 Å². The van der Waals surface area contributed by atoms with Crippen molar-refractivity contribution in [3.8, 4) is 0 Å². The molecule has 0 atom stereocenters. The quantitative estimate of drug-likeness (QED) is 0.903. The number of nitrogens with zero attached hydrogens (tertiary/aromatic N) is 1. The standard InChI is InChI=1S/C14H16N2O2/c1-10-9-12(18-16-10)13(17)15-14(2,3)11-7-5-4-6-8-11/h4-9H,1-3H3,(H,15,17). The first kappa shape index (κ1) is 12.4. The number of hydrogen-bond donors (Lipinski definition) is 1. The summed E-state index contributed by atoms with van der Waals surface area (Å²) >= 11 is 0. The molecule has 4 heteroatoms. The van der Waals surface area contributed by atoms with Crippen molar-refractivity contribution in [1.29, 1.82) is 0 Å². The van der Waals surface area contributed by atoms with Crippen LogP contribution in [-0.4, -0.2) is 11.1 Å². The van der Waals surface area contributed by atoms with Gasteiger partial charge in [-0.15, -0.1) is 0 Å². The number of aryl methyl sites for hydroxylation is 1. The highest BCUT2D eigenvalue weighted by Gasteiger charge is 2.24. The molecule has 0 spiro atoms. The zero-order valence-electron chi connectivity index (χ0n) is 10.7. The van der Waals surface area contributed by atoms with Crippen LogP contribution in [-0.2, 0) is 5.54 Å². The van der Waals surface area contributed by atoms with E-state index in [9.17, 15) is 4.79 Å². The molecule has 0 saturated heterocycles. The molecule has 0 aliphatic heterocycles. The average Bonchev–Trinajstić information content (AvgIpc) is 2.77. The van der Waals surface area contributed by atoms with Crippen molar-refractivity contribution in [2.24, 2.45) is 0 Å². The molecule has 0 fully saturated rings. The lowest BCUT2D eigenvalue weighted by Gasteiger charge is -2.26. The summed E-state index contributed by atoms with van der Waals surface area (Å²) in [4.78, 5) is 12.0. The Kier molecular flexibility index (Phi) is 3.19. The fourth-order valence-electron chi connectivity index (χ4n) is 1.74. The SMILES string of the molecule is Cc1cc(C(=O)NC(C)(C)c2ccccc2)on1. The molecule has 2 rings (SSSR count). The van der Waals surface area contributed by atoms with Crippen LogP contribution in [0.5, 0.6) is 0 Å². The molecule has 0 radical (unpaired) electrons. The van der Waals surface area contributed by atoms with Gasteiger partial charge in [0.25, 0.3) is 5.91 Å². The summed E-state index contributed by atoms with van der Waals surface area (Å²) in [5.41, 5.74) is 1.27. The van der Waals surface area contributed by atoms with Crippen LogP contribution in [0.15, 0.2) is 40.9 Å². The second-order valence-electron chi connectivity index (χ2n) is 4.78. The van der Waals surface area contributed by atoms with E-state index in [4.69, 9.17) is 4.52 Å². The number of carbonyl (C=O) groups is 1. The van der Waals surface area contributed by atoms with Crippen LogP contribution >= 0.6 is 0 Å². The highest BCUT2D eigenvalue weighted by molar-refractivity contribution is 5.92. The highest BCUT2D eigenvalue weighted by atomic mass is 16.5. The molecule has 0 aliphatic carbocycles. The third kappa shape index (κ3) is 2.59. The molecule has 0 aliphatic rings. The maximum absolute atomic E-state index is 12.0. The molecular formula is C14H16N2O2. The number of aromatic nitrogens is 1. The summed E-state index contributed by atoms with van der Waals surface area (Å²) in [5.74, 6) is -0.0269. The second-order valence-corrected chi connectivity index (χ2v) is 4.78. The van der Waals surface area contributed by atoms with E-state index in [1.54, 1.807) is 13.0 Å². The molecule has 2 aromatic rings. The van der Waals surface area contributed by atoms with Gasteiger partial charge in [-0.05, 0) is 26.3 Å². The van der Waals surface area contributed by atoms with Crippen LogP contribution < -0.4 is 5.32 Å². The predicted octanol–water partition coefficient (Wildman–Crippen LogP) is 2.65. The summed E-state index contributed by atoms with van der Waals surface area (Å²) in [6.07, 6.45) is 0. The summed E-state index contributed by atoms with van der Waals surface area (Å²) in [6, 6.07) is 11.4. The third-order valence-electron chi connectivity index (χ3n) is 2.77. The monoisotopic (exact) mass is 244 g/mol. The first-order chi connectivity index (χ1) is 8.49. The number of benzene rings is 1. The van der Waals surface area contributed by atoms with E-state index in [0.717, 1.165) is 5.56 Å². The minimum atomic E-state index is -0.459. The molecule has 94 valence electrons. The number of nitrogens with one attached hydrogen (secondary N) is 1. The van der Waals surface area contributed by atoms with Gasteiger partial charge in [0.05, 0.1) is 11.2 Å². The smallest absolute Gasteiger partial charge is 0.290 e. The van der Waals surface area contributed by atoms with Gasteiger partial charge in [-0.2, -0.15) is 0 Å². The van der Waals surface area contributed by atoms with E-state index in [2.05, 4.69) is 10.5 Å². The number of rotatable bonds is 3. The Morgan fingerprint density at radius 1 is 1.28 bits per heavy atom. The van der Waals surface area contributed by atoms with Gasteiger partial charge in [0.15, 0.2) is 0 Å². The van der Waals surface area contributed by atoms with Crippen molar-refractivity contribution >= 4 is 5.91 Å². The van der Waals surface area contributed by atoms with E-state index >= 15 is 0 Å². The number of carbonyl (C=O) groups excluding carboxylic acids is 1. The Labute approximate surface area is 106 Å². The van der Waals surface area contributed by atoms with Crippen molar-refractivity contribution in [3.05, 3.63) is 53.4 Å². The summed E-state index contributed by atoms with van der Waals surface area (Å²) in [7, 11) is 0. The molecule has 1 amide bonds. The lowest BCUT2D eigenvalue weighted by atomic mass is 9.94. The Morgan fingerprint density at radius 2 is 1.94 bits per heavy atom. The summed E-state index contributed by atoms with van der Waals surface area (Å²) in [5, 5.41) is 6.63. The van der Waals surface area contributed by atoms with Gasteiger partial charge in [-0.3, -0.25) is 4.79 Å². The first-order valence-corrected chi connectivity index (χ1v) is 5.80. The average molecular weight is 244 g/mol. The van der Waals surface area contributed by atoms with E-state index in [0.29, 0.717) is 5.69 Å². The van der Waals surface area contributed by atoms with Crippen molar-refractivity contribution in [1.82, 2.24) is 10.5 Å². The minimum absolute atomic E-state index is 0.233. The lowest BCUT2D eigenvalue weighted by Crippen LogP contribution is -2.40. The second kappa shape index (κ2) is 4.64. The maximum Gasteiger partial charge on any atom is 0.290 e. The van der Waals surface area contributed by atoms with Gasteiger partial charge in [0, 0.05) is 6.07 Å². The highest BCUT2D eigenvalue weighted by Crippen LogP contribution is 2.20. The van der Waals surface area contributed by atoms with Gasteiger partial charge in [-0.25, -0.2) is 0 Å². The molecule has 4 nitrogen and oxygen atoms in total. The molecule has 0 saturated carbocycles. The third-order valence-corrected chi connectivity index (χ3v) is 2.77. The fraction of sp³-hybridized carbons (Fsp3) is 0.286. The molecule has 1 N–H and O–H groups in total. The zero-order chi connectivity index (χ0) is 13.2. The summed E-state index contributed by atoms with van der Waals surface area (Å²) in [6.45, 7) is 5.68. The Balaban J connectivity index is 2.16. The Morgan fingerprint density at radius 3 is 2.50 bits per heavy atom. The van der Waals surface area contributed by atoms with Gasteiger partial charge < -0.3 is 9.84 Å². The zero-order valence-corrected chi connectivity index (χ0v) is 10.7. The number of hydrogen-bond acceptors (Lipinski definition) is 3. The molecule has 18 heavy (non-hydrogen) atoms. The van der Waals surface area contributed by atoms with Crippen LogP contribution in [0.2, 0.25) is 0 Å². The minimum Gasteiger partial charge on any atom is -0.351 e. The van der Waals surface area contributed by atoms with Gasteiger partial charge >= 0.3 is 0 Å². The molecule has 1 aromatic carbocycles. The van der Waals surface area contributed by atoms with Crippen LogP contribution in [0.3, 0.4) is 0 Å². The maximum atomic E-state index is 12.0. The normalized spacial score (nSPS) is 11.3. The first-order valence-electron chi connectivity index (χ1n) is 5.80. The van der Waals surface area contributed by atoms with Crippen molar-refractivity contribution in [2.75, 3.05) is 0 Å². The van der Waals surface area contributed by atoms with Crippen molar-refractivity contribution < 1.29 is 9.32 Å². The van der Waals surface area contributed by atoms with Crippen LogP contribution in [0.1, 0.15) is 35.7 Å². The van der Waals surface area contributed by atoms with E-state index in [-0.39, 0.29) is 11.7 Å². The van der Waals surface area contributed by atoms with Crippen LogP contribution in [0, 0.1) is 6.92 Å². The molecule has 1 heterocycles. The van der Waals surface area contributed by atoms with Gasteiger partial charge in [-0.1, -0.05) is 35.5 Å². The topological polar surface area (TPSA) is 55.1 Å². The molecule has 1 aromatic heterocycles.